The predicted octanol–water partition coefficient (Wildman–Crippen LogP) is 4.31. The molecule has 1 atom stereocenters. The first-order chi connectivity index (χ1) is 20.1. The van der Waals surface area contributed by atoms with Crippen LogP contribution >= 0.6 is 0 Å². The van der Waals surface area contributed by atoms with Crippen molar-refractivity contribution in [1.82, 2.24) is 15.1 Å². The molecule has 0 aliphatic carbocycles. The van der Waals surface area contributed by atoms with Gasteiger partial charge in [-0.1, -0.05) is 23.0 Å². The van der Waals surface area contributed by atoms with Crippen molar-refractivity contribution in [2.75, 3.05) is 32.8 Å². The number of nitrogens with one attached hydrogen (secondary N) is 1. The molecule has 1 aromatic rings. The number of rotatable bonds is 13. The quantitative estimate of drug-likeness (QED) is 0.0916. The number of ether oxygens (including phenoxy) is 2. The van der Waals surface area contributed by atoms with E-state index in [4.69, 9.17) is 15.0 Å². The minimum atomic E-state index is -0.680. The van der Waals surface area contributed by atoms with Crippen LogP contribution in [-0.4, -0.2) is 78.1 Å². The van der Waals surface area contributed by atoms with Crippen LogP contribution in [0.4, 0.5) is 4.79 Å². The number of unbranched alkanes of at least 4 members (excludes halogenated alkanes) is 2. The highest BCUT2D eigenvalue weighted by molar-refractivity contribution is 6.05. The number of amides is 4. The molecule has 0 saturated carbocycles. The van der Waals surface area contributed by atoms with E-state index in [0.29, 0.717) is 56.8 Å². The Balaban J connectivity index is 1.54. The molecule has 12 heteroatoms. The molecule has 2 heterocycles. The van der Waals surface area contributed by atoms with E-state index in [9.17, 15) is 19.2 Å². The number of hydrogen-bond donors (Lipinski definition) is 1. The van der Waals surface area contributed by atoms with Crippen molar-refractivity contribution in [3.05, 3.63) is 45.3 Å². The zero-order chi connectivity index (χ0) is 30.5. The van der Waals surface area contributed by atoms with E-state index in [1.807, 2.05) is 26.8 Å². The molecule has 0 radical (unpaired) electrons. The van der Waals surface area contributed by atoms with Crippen LogP contribution < -0.4 is 5.32 Å². The van der Waals surface area contributed by atoms with Gasteiger partial charge in [0, 0.05) is 68.3 Å². The summed E-state index contributed by atoms with van der Waals surface area (Å²) in [6.07, 6.45) is 3.67. The maximum absolute atomic E-state index is 13.1. The smallest absolute Gasteiger partial charge is 0.410 e. The molecule has 0 aromatic heterocycles. The molecule has 42 heavy (non-hydrogen) atoms. The van der Waals surface area contributed by atoms with Crippen LogP contribution in [0.15, 0.2) is 23.3 Å². The number of carbonyl (C=O) groups excluding carboxylic acids is 4. The van der Waals surface area contributed by atoms with E-state index >= 15 is 0 Å². The van der Waals surface area contributed by atoms with Crippen LogP contribution in [-0.2, 0) is 25.6 Å². The van der Waals surface area contributed by atoms with Gasteiger partial charge in [0.2, 0.25) is 11.8 Å². The Hall–Kier alpha value is -4.07. The molecule has 1 N–H and O–H groups in total. The summed E-state index contributed by atoms with van der Waals surface area (Å²) in [6, 6.07) is 4.66. The normalized spacial score (nSPS) is 16.2. The highest BCUT2D eigenvalue weighted by atomic mass is 16.6. The molecule has 1 saturated heterocycles. The zero-order valence-corrected chi connectivity index (χ0v) is 24.7. The van der Waals surface area contributed by atoms with Crippen LogP contribution in [0.3, 0.4) is 0 Å². The van der Waals surface area contributed by atoms with Crippen LogP contribution in [0, 0.1) is 11.8 Å². The largest absolute Gasteiger partial charge is 0.444 e. The number of hydrogen-bond acceptors (Lipinski definition) is 7. The number of azide groups is 1. The van der Waals surface area contributed by atoms with Gasteiger partial charge in [-0.3, -0.25) is 19.7 Å². The molecule has 4 amide bonds. The van der Waals surface area contributed by atoms with Gasteiger partial charge in [-0.25, -0.2) is 4.79 Å². The monoisotopic (exact) mass is 580 g/mol. The van der Waals surface area contributed by atoms with E-state index in [1.165, 1.54) is 4.90 Å². The predicted molar refractivity (Wildman–Crippen MR) is 155 cm³/mol. The lowest BCUT2D eigenvalue weighted by molar-refractivity contribution is -0.136. The molecular weight excluding hydrogens is 540 g/mol. The van der Waals surface area contributed by atoms with Crippen molar-refractivity contribution in [3.63, 3.8) is 0 Å². The maximum Gasteiger partial charge on any atom is 0.410 e. The number of nitrogens with zero attached hydrogens (tertiary/aromatic N) is 5. The van der Waals surface area contributed by atoms with Crippen LogP contribution in [0.2, 0.25) is 0 Å². The van der Waals surface area contributed by atoms with Crippen molar-refractivity contribution >= 4 is 23.8 Å². The molecule has 1 fully saturated rings. The lowest BCUT2D eigenvalue weighted by Gasteiger charge is -2.29. The van der Waals surface area contributed by atoms with E-state index < -0.39 is 23.6 Å². The minimum Gasteiger partial charge on any atom is -0.444 e. The van der Waals surface area contributed by atoms with Gasteiger partial charge in [-0.05, 0) is 76.1 Å². The van der Waals surface area contributed by atoms with Crippen LogP contribution in [0.25, 0.3) is 10.4 Å². The fourth-order valence-electron chi connectivity index (χ4n) is 4.71. The standard InChI is InChI=1S/C30H40N6O6/c1-30(2,3)42-29(40)35(18-7-9-20-41-19-8-5-16-32-34-31)17-6-4-11-22-12-10-13-23-24(22)21-36(28(23)39)25-14-15-26(37)33-27(25)38/h10,12-13,25H,5-9,14-21H2,1-3H3,(H,33,37,38). The Morgan fingerprint density at radius 1 is 1.17 bits per heavy atom. The summed E-state index contributed by atoms with van der Waals surface area (Å²) in [7, 11) is 0. The van der Waals surface area contributed by atoms with Gasteiger partial charge in [-0.15, -0.1) is 0 Å². The first kappa shape index (κ1) is 32.4. The Bertz CT molecular complexity index is 1260. The lowest BCUT2D eigenvalue weighted by atomic mass is 10.0. The Morgan fingerprint density at radius 3 is 2.64 bits per heavy atom. The third-order valence-electron chi connectivity index (χ3n) is 6.79. The molecule has 1 aromatic carbocycles. The molecule has 0 spiro atoms. The molecule has 3 rings (SSSR count). The minimum absolute atomic E-state index is 0.199. The zero-order valence-electron chi connectivity index (χ0n) is 24.7. The Kier molecular flexibility index (Phi) is 12.2. The molecule has 12 nitrogen and oxygen atoms in total. The molecule has 0 bridgehead atoms. The van der Waals surface area contributed by atoms with Gasteiger partial charge in [0.05, 0.1) is 0 Å². The van der Waals surface area contributed by atoms with Gasteiger partial charge in [-0.2, -0.15) is 0 Å². The summed E-state index contributed by atoms with van der Waals surface area (Å²) in [5.74, 6) is 5.27. The molecule has 2 aliphatic rings. The fraction of sp³-hybridized carbons (Fsp3) is 0.600. The summed E-state index contributed by atoms with van der Waals surface area (Å²) in [5, 5.41) is 5.82. The number of fused-ring (bicyclic) bond motifs is 1. The van der Waals surface area contributed by atoms with Crippen molar-refractivity contribution in [1.29, 1.82) is 0 Å². The van der Waals surface area contributed by atoms with Gasteiger partial charge < -0.3 is 19.3 Å². The molecule has 1 unspecified atom stereocenters. The first-order valence-electron chi connectivity index (χ1n) is 14.4. The number of imide groups is 1. The van der Waals surface area contributed by atoms with Gasteiger partial charge >= 0.3 is 6.09 Å². The first-order valence-corrected chi connectivity index (χ1v) is 14.4. The van der Waals surface area contributed by atoms with E-state index in [-0.39, 0.29) is 24.8 Å². The average molecular weight is 581 g/mol. The second kappa shape index (κ2) is 15.8. The summed E-state index contributed by atoms with van der Waals surface area (Å²) in [5.41, 5.74) is 9.65. The van der Waals surface area contributed by atoms with Crippen molar-refractivity contribution in [3.8, 4) is 11.8 Å². The molecular formula is C30H40N6O6. The maximum atomic E-state index is 13.1. The summed E-state index contributed by atoms with van der Waals surface area (Å²) in [6.45, 7) is 8.29. The van der Waals surface area contributed by atoms with E-state index in [1.54, 1.807) is 17.0 Å². The number of carbonyl (C=O) groups is 4. The lowest BCUT2D eigenvalue weighted by Crippen LogP contribution is -2.52. The van der Waals surface area contributed by atoms with Gasteiger partial charge in [0.1, 0.15) is 11.6 Å². The highest BCUT2D eigenvalue weighted by Crippen LogP contribution is 2.29. The number of piperidine rings is 1. The van der Waals surface area contributed by atoms with Crippen LogP contribution in [0.5, 0.6) is 0 Å². The van der Waals surface area contributed by atoms with Gasteiger partial charge in [0.25, 0.3) is 5.91 Å². The second-order valence-corrected chi connectivity index (χ2v) is 11.2. The average Bonchev–Trinajstić information content (AvgIpc) is 3.26. The second-order valence-electron chi connectivity index (χ2n) is 11.2. The van der Waals surface area contributed by atoms with Crippen molar-refractivity contribution in [2.45, 2.75) is 83.9 Å². The summed E-state index contributed by atoms with van der Waals surface area (Å²) in [4.78, 5) is 55.7. The highest BCUT2D eigenvalue weighted by Gasteiger charge is 2.39. The Labute approximate surface area is 246 Å². The van der Waals surface area contributed by atoms with Crippen molar-refractivity contribution < 1.29 is 28.7 Å². The third-order valence-corrected chi connectivity index (χ3v) is 6.79. The number of benzene rings is 1. The fourth-order valence-corrected chi connectivity index (χ4v) is 4.71. The molecule has 2 aliphatic heterocycles. The topological polar surface area (TPSA) is 154 Å². The van der Waals surface area contributed by atoms with E-state index in [2.05, 4.69) is 27.2 Å². The SMILES string of the molecule is CC(C)(C)OC(=O)N(CCC#Cc1cccc2c1CN(C1CCC(=O)NC1=O)C2=O)CCCCOCCCCN=[N+]=[N-]. The van der Waals surface area contributed by atoms with Crippen molar-refractivity contribution in [2.24, 2.45) is 5.11 Å². The van der Waals surface area contributed by atoms with Crippen LogP contribution in [0.1, 0.15) is 87.2 Å². The Morgan fingerprint density at radius 2 is 1.93 bits per heavy atom. The molecule has 226 valence electrons. The summed E-state index contributed by atoms with van der Waals surface area (Å²) >= 11 is 0. The summed E-state index contributed by atoms with van der Waals surface area (Å²) < 4.78 is 11.2. The van der Waals surface area contributed by atoms with Gasteiger partial charge in [0.15, 0.2) is 0 Å². The third kappa shape index (κ3) is 9.79. The van der Waals surface area contributed by atoms with E-state index in [0.717, 1.165) is 31.2 Å².